The van der Waals surface area contributed by atoms with Gasteiger partial charge >= 0.3 is 5.69 Å². The largest absolute Gasteiger partial charge is 0.481 e. The predicted molar refractivity (Wildman–Crippen MR) is 167 cm³/mol. The minimum Gasteiger partial charge on any atom is -0.481 e. The van der Waals surface area contributed by atoms with Crippen LogP contribution in [0.15, 0.2) is 64.3 Å². The molecule has 2 aromatic heterocycles. The smallest absolute Gasteiger partial charge is 0.330 e. The number of halogens is 1. The molecule has 1 atom stereocenters. The summed E-state index contributed by atoms with van der Waals surface area (Å²) in [6, 6.07) is 15.0. The first-order valence-electron chi connectivity index (χ1n) is 13.9. The molecule has 1 fully saturated rings. The fourth-order valence-corrected chi connectivity index (χ4v) is 5.81. The van der Waals surface area contributed by atoms with Gasteiger partial charge < -0.3 is 19.7 Å². The van der Waals surface area contributed by atoms with Crippen molar-refractivity contribution in [3.63, 3.8) is 0 Å². The molecular formula is C32H34ClN5O5. The van der Waals surface area contributed by atoms with Gasteiger partial charge in [0.05, 0.1) is 23.4 Å². The number of rotatable bonds is 7. The minimum atomic E-state index is -0.689. The van der Waals surface area contributed by atoms with Crippen molar-refractivity contribution >= 4 is 23.2 Å². The molecule has 2 N–H and O–H groups in total. The Morgan fingerprint density at radius 3 is 2.49 bits per heavy atom. The summed E-state index contributed by atoms with van der Waals surface area (Å²) in [5, 5.41) is 13.6. The standard InChI is InChI=1S/C32H34ClN5O5/c1-19-21(8-7-11-25(19)34-28(39)24-17-36(3)31(41)37(4)30(24)40)22-9-6-10-23(27(22)33)26-13-12-20(29(35-26)43-5)16-38-15-14-32(2,42)18-38/h6-13,17,42H,14-16,18H2,1-5H3,(H,34,39)/t32-/m0/s1. The minimum absolute atomic E-state index is 0.145. The van der Waals surface area contributed by atoms with Crippen LogP contribution >= 0.6 is 11.6 Å². The summed E-state index contributed by atoms with van der Waals surface area (Å²) in [5.74, 6) is -0.124. The number of amides is 1. The highest BCUT2D eigenvalue weighted by atomic mass is 35.5. The molecule has 1 aliphatic rings. The van der Waals surface area contributed by atoms with Crippen molar-refractivity contribution in [2.24, 2.45) is 14.1 Å². The van der Waals surface area contributed by atoms with Crippen molar-refractivity contribution < 1.29 is 14.6 Å². The Kier molecular flexibility index (Phi) is 8.29. The molecule has 3 heterocycles. The van der Waals surface area contributed by atoms with Crippen LogP contribution in [0.25, 0.3) is 22.4 Å². The van der Waals surface area contributed by atoms with Crippen molar-refractivity contribution in [3.8, 4) is 28.3 Å². The SMILES string of the molecule is COc1nc(-c2cccc(-c3cccc(NC(=O)c4cn(C)c(=O)n(C)c4=O)c3C)c2Cl)ccc1CN1CC[C@](C)(O)C1. The number of carbonyl (C=O) groups is 1. The summed E-state index contributed by atoms with van der Waals surface area (Å²) in [4.78, 5) is 44.7. The number of benzene rings is 2. The van der Waals surface area contributed by atoms with E-state index in [1.165, 1.54) is 24.9 Å². The Labute approximate surface area is 254 Å². The van der Waals surface area contributed by atoms with Crippen LogP contribution in [0.1, 0.15) is 34.8 Å². The van der Waals surface area contributed by atoms with E-state index in [0.29, 0.717) is 35.4 Å². The number of hydrogen-bond acceptors (Lipinski definition) is 7. The maximum atomic E-state index is 13.1. The predicted octanol–water partition coefficient (Wildman–Crippen LogP) is 3.99. The lowest BCUT2D eigenvalue weighted by Gasteiger charge is -2.20. The van der Waals surface area contributed by atoms with Crippen molar-refractivity contribution in [1.82, 2.24) is 19.0 Å². The van der Waals surface area contributed by atoms with E-state index in [-0.39, 0.29) is 5.56 Å². The zero-order valence-corrected chi connectivity index (χ0v) is 25.5. The number of aryl methyl sites for hydroxylation is 1. The second kappa shape index (κ2) is 11.8. The molecule has 224 valence electrons. The van der Waals surface area contributed by atoms with Crippen molar-refractivity contribution in [3.05, 3.63) is 97.3 Å². The molecule has 0 aliphatic carbocycles. The van der Waals surface area contributed by atoms with Crippen LogP contribution < -0.4 is 21.3 Å². The number of methoxy groups -OCH3 is 1. The molecule has 5 rings (SSSR count). The average molecular weight is 604 g/mol. The highest BCUT2D eigenvalue weighted by Crippen LogP contribution is 2.39. The number of anilines is 1. The summed E-state index contributed by atoms with van der Waals surface area (Å²) in [7, 11) is 4.40. The Hall–Kier alpha value is -4.25. The molecule has 1 saturated heterocycles. The summed E-state index contributed by atoms with van der Waals surface area (Å²) in [6.45, 7) is 5.71. The summed E-state index contributed by atoms with van der Waals surface area (Å²) >= 11 is 7.00. The average Bonchev–Trinajstić information content (AvgIpc) is 3.33. The number of β-amino-alcohol motifs (C(OH)–C–C–N with tert-alkyl or cyclic N) is 1. The van der Waals surface area contributed by atoms with Crippen molar-refractivity contribution in [2.75, 3.05) is 25.5 Å². The van der Waals surface area contributed by atoms with Gasteiger partial charge in [0.15, 0.2) is 0 Å². The molecule has 10 nitrogen and oxygen atoms in total. The number of aliphatic hydroxyl groups is 1. The Balaban J connectivity index is 1.45. The lowest BCUT2D eigenvalue weighted by molar-refractivity contribution is 0.0677. The van der Waals surface area contributed by atoms with Crippen LogP contribution in [0.4, 0.5) is 5.69 Å². The molecule has 1 amide bonds. The monoisotopic (exact) mass is 603 g/mol. The molecule has 2 aromatic carbocycles. The maximum absolute atomic E-state index is 13.1. The molecule has 1 aliphatic heterocycles. The highest BCUT2D eigenvalue weighted by Gasteiger charge is 2.31. The number of hydrogen-bond donors (Lipinski definition) is 2. The number of aromatic nitrogens is 3. The molecule has 4 aromatic rings. The number of nitrogens with zero attached hydrogens (tertiary/aromatic N) is 4. The van der Waals surface area contributed by atoms with Crippen LogP contribution in [-0.4, -0.2) is 55.8 Å². The van der Waals surface area contributed by atoms with Gasteiger partial charge in [-0.1, -0.05) is 48.0 Å². The number of ether oxygens (including phenoxy) is 1. The normalized spacial score (nSPS) is 16.8. The molecule has 0 saturated carbocycles. The van der Waals surface area contributed by atoms with Crippen LogP contribution in [0.2, 0.25) is 5.02 Å². The number of likely N-dealkylation sites (tertiary alicyclic amines) is 1. The molecule has 0 bridgehead atoms. The van der Waals surface area contributed by atoms with E-state index < -0.39 is 22.8 Å². The van der Waals surface area contributed by atoms with E-state index >= 15 is 0 Å². The van der Waals surface area contributed by atoms with Crippen LogP contribution in [0, 0.1) is 6.92 Å². The maximum Gasteiger partial charge on any atom is 0.330 e. The first-order chi connectivity index (χ1) is 20.4. The van der Waals surface area contributed by atoms with Gasteiger partial charge in [0.1, 0.15) is 5.56 Å². The third kappa shape index (κ3) is 5.99. The van der Waals surface area contributed by atoms with E-state index in [0.717, 1.165) is 45.3 Å². The van der Waals surface area contributed by atoms with E-state index in [4.69, 9.17) is 21.3 Å². The van der Waals surface area contributed by atoms with Gasteiger partial charge in [0, 0.05) is 62.3 Å². The molecule has 11 heteroatoms. The van der Waals surface area contributed by atoms with Gasteiger partial charge in [-0.2, -0.15) is 0 Å². The van der Waals surface area contributed by atoms with Crippen LogP contribution in [-0.2, 0) is 20.6 Å². The summed E-state index contributed by atoms with van der Waals surface area (Å²) in [5.41, 5.74) is 3.05. The number of pyridine rings is 1. The Bertz CT molecular complexity index is 1850. The van der Waals surface area contributed by atoms with Gasteiger partial charge in [-0.25, -0.2) is 9.78 Å². The van der Waals surface area contributed by atoms with Gasteiger partial charge in [-0.05, 0) is 43.5 Å². The van der Waals surface area contributed by atoms with Gasteiger partial charge in [-0.3, -0.25) is 19.1 Å². The summed E-state index contributed by atoms with van der Waals surface area (Å²) in [6.07, 6.45) is 1.96. The Morgan fingerprint density at radius 1 is 1.09 bits per heavy atom. The summed E-state index contributed by atoms with van der Waals surface area (Å²) < 4.78 is 7.73. The van der Waals surface area contributed by atoms with Gasteiger partial charge in [0.2, 0.25) is 5.88 Å². The number of nitrogens with one attached hydrogen (secondary N) is 1. The Morgan fingerprint density at radius 2 is 1.79 bits per heavy atom. The quantitative estimate of drug-likeness (QED) is 0.328. The molecular weight excluding hydrogens is 570 g/mol. The molecule has 0 unspecified atom stereocenters. The van der Waals surface area contributed by atoms with Crippen LogP contribution in [0.5, 0.6) is 5.88 Å². The fraction of sp³-hybridized carbons (Fsp3) is 0.312. The molecule has 43 heavy (non-hydrogen) atoms. The van der Waals surface area contributed by atoms with Crippen molar-refractivity contribution in [2.45, 2.75) is 32.4 Å². The zero-order chi connectivity index (χ0) is 31.1. The topological polar surface area (TPSA) is 119 Å². The van der Waals surface area contributed by atoms with Gasteiger partial charge in [0.25, 0.3) is 11.5 Å². The third-order valence-corrected chi connectivity index (χ3v) is 8.30. The lowest BCUT2D eigenvalue weighted by atomic mass is 9.96. The second-order valence-corrected chi connectivity index (χ2v) is 11.6. The second-order valence-electron chi connectivity index (χ2n) is 11.2. The first kappa shape index (κ1) is 30.2. The van der Waals surface area contributed by atoms with Crippen LogP contribution in [0.3, 0.4) is 0 Å². The third-order valence-electron chi connectivity index (χ3n) is 7.90. The highest BCUT2D eigenvalue weighted by molar-refractivity contribution is 6.36. The fourth-order valence-electron chi connectivity index (χ4n) is 5.49. The first-order valence-corrected chi connectivity index (χ1v) is 14.2. The molecule has 0 radical (unpaired) electrons. The lowest BCUT2D eigenvalue weighted by Crippen LogP contribution is -2.40. The van der Waals surface area contributed by atoms with Gasteiger partial charge in [-0.15, -0.1) is 0 Å². The van der Waals surface area contributed by atoms with E-state index in [9.17, 15) is 19.5 Å². The molecule has 0 spiro atoms. The van der Waals surface area contributed by atoms with E-state index in [1.807, 2.05) is 50.2 Å². The zero-order valence-electron chi connectivity index (χ0n) is 24.8. The van der Waals surface area contributed by atoms with E-state index in [1.54, 1.807) is 19.2 Å². The van der Waals surface area contributed by atoms with Crippen molar-refractivity contribution in [1.29, 1.82) is 0 Å². The van der Waals surface area contributed by atoms with E-state index in [2.05, 4.69) is 10.2 Å². The number of carbonyl (C=O) groups excluding carboxylic acids is 1.